The SMILES string of the molecule is c1cc(-c2ccc3ccccc3c2)cc(-c2c3ccccc3c(-c3cc4sc5c6ccccc6ccc5c4c4sc5ccccc5c34)c3ccccc23)c1. The Labute approximate surface area is 319 Å². The van der Waals surface area contributed by atoms with Gasteiger partial charge in [-0.25, -0.2) is 0 Å². The molecule has 0 radical (unpaired) electrons. The maximum Gasteiger partial charge on any atom is 0.0454 e. The Morgan fingerprint density at radius 2 is 0.852 bits per heavy atom. The van der Waals surface area contributed by atoms with Crippen molar-refractivity contribution in [2.45, 2.75) is 0 Å². The van der Waals surface area contributed by atoms with Crippen LogP contribution in [0, 0.1) is 0 Å². The van der Waals surface area contributed by atoms with Crippen molar-refractivity contribution in [2.75, 3.05) is 0 Å². The van der Waals surface area contributed by atoms with Gasteiger partial charge in [-0.05, 0) is 101 Å². The van der Waals surface area contributed by atoms with Crippen LogP contribution < -0.4 is 0 Å². The van der Waals surface area contributed by atoms with Gasteiger partial charge >= 0.3 is 0 Å². The maximum absolute atomic E-state index is 2.52. The van der Waals surface area contributed by atoms with Crippen molar-refractivity contribution in [2.24, 2.45) is 0 Å². The van der Waals surface area contributed by atoms with Crippen LogP contribution in [0.4, 0.5) is 0 Å². The summed E-state index contributed by atoms with van der Waals surface area (Å²) in [4.78, 5) is 0. The average Bonchev–Trinajstić information content (AvgIpc) is 3.81. The summed E-state index contributed by atoms with van der Waals surface area (Å²) in [6.07, 6.45) is 0. The number of fused-ring (bicyclic) bond motifs is 12. The molecule has 0 aliphatic carbocycles. The van der Waals surface area contributed by atoms with Crippen molar-refractivity contribution in [1.29, 1.82) is 0 Å². The molecule has 54 heavy (non-hydrogen) atoms. The minimum Gasteiger partial charge on any atom is -0.134 e. The number of thiophene rings is 2. The van der Waals surface area contributed by atoms with Gasteiger partial charge in [0.05, 0.1) is 0 Å². The largest absolute Gasteiger partial charge is 0.134 e. The molecule has 0 spiro atoms. The molecule has 0 nitrogen and oxygen atoms in total. The summed E-state index contributed by atoms with van der Waals surface area (Å²) >= 11 is 3.88. The van der Waals surface area contributed by atoms with E-state index in [-0.39, 0.29) is 0 Å². The molecular weight excluding hydrogens is 689 g/mol. The van der Waals surface area contributed by atoms with Gasteiger partial charge in [0.15, 0.2) is 0 Å². The number of hydrogen-bond donors (Lipinski definition) is 0. The van der Waals surface area contributed by atoms with Crippen molar-refractivity contribution in [3.63, 3.8) is 0 Å². The van der Waals surface area contributed by atoms with E-state index in [1.165, 1.54) is 117 Å². The third-order valence-corrected chi connectivity index (χ3v) is 13.8. The van der Waals surface area contributed by atoms with Gasteiger partial charge in [-0.2, -0.15) is 0 Å². The molecule has 2 aromatic heterocycles. The van der Waals surface area contributed by atoms with E-state index in [0.29, 0.717) is 0 Å². The molecule has 0 amide bonds. The maximum atomic E-state index is 2.52. The first-order chi connectivity index (χ1) is 26.8. The second-order valence-corrected chi connectivity index (χ2v) is 16.5. The van der Waals surface area contributed by atoms with Gasteiger partial charge in [0.25, 0.3) is 0 Å². The molecule has 0 bridgehead atoms. The zero-order chi connectivity index (χ0) is 35.3. The second-order valence-electron chi connectivity index (χ2n) is 14.3. The normalized spacial score (nSPS) is 12.1. The van der Waals surface area contributed by atoms with Crippen LogP contribution in [0.2, 0.25) is 0 Å². The second kappa shape index (κ2) is 11.6. The summed E-state index contributed by atoms with van der Waals surface area (Å²) in [6, 6.07) is 67.7. The fourth-order valence-corrected chi connectivity index (χ4v) is 11.7. The highest BCUT2D eigenvalue weighted by Gasteiger charge is 2.23. The third-order valence-electron chi connectivity index (χ3n) is 11.4. The summed E-state index contributed by atoms with van der Waals surface area (Å²) in [5.74, 6) is 0. The first-order valence-electron chi connectivity index (χ1n) is 18.5. The van der Waals surface area contributed by atoms with Crippen molar-refractivity contribution in [3.8, 4) is 33.4 Å². The molecule has 0 unspecified atom stereocenters. The van der Waals surface area contributed by atoms with E-state index < -0.39 is 0 Å². The summed E-state index contributed by atoms with van der Waals surface area (Å²) in [5, 5.41) is 15.7. The van der Waals surface area contributed by atoms with E-state index in [4.69, 9.17) is 0 Å². The lowest BCUT2D eigenvalue weighted by atomic mass is 9.84. The van der Waals surface area contributed by atoms with Crippen LogP contribution in [0.5, 0.6) is 0 Å². The average molecular weight is 719 g/mol. The number of rotatable bonds is 3. The Bertz CT molecular complexity index is 3450. The Balaban J connectivity index is 1.18. The van der Waals surface area contributed by atoms with Gasteiger partial charge in [-0.1, -0.05) is 158 Å². The van der Waals surface area contributed by atoms with Crippen molar-refractivity contribution in [1.82, 2.24) is 0 Å². The molecule has 0 saturated heterocycles. The van der Waals surface area contributed by atoms with Crippen molar-refractivity contribution in [3.05, 3.63) is 182 Å². The Morgan fingerprint density at radius 3 is 1.63 bits per heavy atom. The lowest BCUT2D eigenvalue weighted by molar-refractivity contribution is 1.63. The molecule has 0 saturated carbocycles. The molecule has 10 aromatic carbocycles. The molecule has 0 fully saturated rings. The van der Waals surface area contributed by atoms with Gasteiger partial charge in [0.2, 0.25) is 0 Å². The molecule has 0 atom stereocenters. The zero-order valence-electron chi connectivity index (χ0n) is 29.1. The monoisotopic (exact) mass is 718 g/mol. The molecule has 0 aliphatic heterocycles. The first-order valence-corrected chi connectivity index (χ1v) is 20.1. The van der Waals surface area contributed by atoms with E-state index in [2.05, 4.69) is 182 Å². The smallest absolute Gasteiger partial charge is 0.0454 e. The number of benzene rings is 10. The lowest BCUT2D eigenvalue weighted by Gasteiger charge is -2.19. The summed E-state index contributed by atoms with van der Waals surface area (Å²) < 4.78 is 5.42. The highest BCUT2D eigenvalue weighted by Crippen LogP contribution is 2.53. The molecular formula is C52H30S2. The van der Waals surface area contributed by atoms with Crippen LogP contribution in [-0.4, -0.2) is 0 Å². The van der Waals surface area contributed by atoms with Gasteiger partial charge in [-0.15, -0.1) is 22.7 Å². The van der Waals surface area contributed by atoms with Gasteiger partial charge in [0.1, 0.15) is 0 Å². The van der Waals surface area contributed by atoms with E-state index in [9.17, 15) is 0 Å². The van der Waals surface area contributed by atoms with Gasteiger partial charge in [0, 0.05) is 40.3 Å². The third kappa shape index (κ3) is 4.36. The number of hydrogen-bond acceptors (Lipinski definition) is 2. The topological polar surface area (TPSA) is 0 Å². The van der Waals surface area contributed by atoms with Crippen LogP contribution in [0.1, 0.15) is 0 Å². The molecule has 2 heterocycles. The van der Waals surface area contributed by atoms with E-state index >= 15 is 0 Å². The Hall–Kier alpha value is -6.32. The quantitative estimate of drug-likeness (QED) is 0.160. The van der Waals surface area contributed by atoms with Gasteiger partial charge < -0.3 is 0 Å². The Morgan fingerprint density at radius 1 is 0.278 bits per heavy atom. The van der Waals surface area contributed by atoms with Crippen molar-refractivity contribution < 1.29 is 0 Å². The highest BCUT2D eigenvalue weighted by atomic mass is 32.1. The van der Waals surface area contributed by atoms with Crippen LogP contribution in [-0.2, 0) is 0 Å². The summed E-state index contributed by atoms with van der Waals surface area (Å²) in [7, 11) is 0. The summed E-state index contributed by atoms with van der Waals surface area (Å²) in [5.41, 5.74) is 7.61. The van der Waals surface area contributed by atoms with Crippen LogP contribution >= 0.6 is 22.7 Å². The predicted molar refractivity (Wildman–Crippen MR) is 239 cm³/mol. The molecule has 12 rings (SSSR count). The standard InChI is InChI=1S/C52H30S2/c1-2-14-33-28-35(25-24-31(33)12-1)34-15-11-16-36(29-34)47-38-18-5-7-20-40(38)48(41-21-8-6-19-39(41)47)44-30-46-50(52-49(44)42-22-9-10-23-45(42)53-52)43-27-26-32-13-3-4-17-37(32)51(43)54-46/h1-30H. The minimum atomic E-state index is 1.23. The zero-order valence-corrected chi connectivity index (χ0v) is 30.8. The first kappa shape index (κ1) is 30.2. The van der Waals surface area contributed by atoms with Crippen LogP contribution in [0.25, 0.3) is 117 Å². The molecule has 0 aliphatic rings. The van der Waals surface area contributed by atoms with Gasteiger partial charge in [-0.3, -0.25) is 0 Å². The van der Waals surface area contributed by atoms with Crippen molar-refractivity contribution >= 4 is 106 Å². The highest BCUT2D eigenvalue weighted by molar-refractivity contribution is 7.30. The molecule has 250 valence electrons. The minimum absolute atomic E-state index is 1.23. The predicted octanol–water partition coefficient (Wildman–Crippen LogP) is 16.0. The fourth-order valence-electron chi connectivity index (χ4n) is 9.02. The van der Waals surface area contributed by atoms with E-state index in [1.807, 2.05) is 22.7 Å². The van der Waals surface area contributed by atoms with Crippen LogP contribution in [0.15, 0.2) is 182 Å². The lowest BCUT2D eigenvalue weighted by Crippen LogP contribution is -1.92. The molecule has 12 aromatic rings. The summed E-state index contributed by atoms with van der Waals surface area (Å²) in [6.45, 7) is 0. The van der Waals surface area contributed by atoms with Crippen LogP contribution in [0.3, 0.4) is 0 Å². The molecule has 2 heteroatoms. The molecule has 0 N–H and O–H groups in total. The van der Waals surface area contributed by atoms with E-state index in [0.717, 1.165) is 0 Å². The fraction of sp³-hybridized carbons (Fsp3) is 0. The Kier molecular flexibility index (Phi) is 6.48. The van der Waals surface area contributed by atoms with E-state index in [1.54, 1.807) is 0 Å².